The number of fused-ring (bicyclic) bond motifs is 1. The minimum Gasteiger partial charge on any atom is -0.266 e. The van der Waals surface area contributed by atoms with Gasteiger partial charge in [0.25, 0.3) is 10.0 Å². The smallest absolute Gasteiger partial charge is 0.264 e. The highest BCUT2D eigenvalue weighted by atomic mass is 35.5. The largest absolute Gasteiger partial charge is 0.266 e. The van der Waals surface area contributed by atoms with Crippen LogP contribution in [0.25, 0.3) is 11.1 Å². The van der Waals surface area contributed by atoms with E-state index in [4.69, 9.17) is 11.6 Å². The van der Waals surface area contributed by atoms with Crippen LogP contribution in [0, 0.1) is 0 Å². The van der Waals surface area contributed by atoms with E-state index < -0.39 is 10.0 Å². The summed E-state index contributed by atoms with van der Waals surface area (Å²) in [6.07, 6.45) is 5.18. The van der Waals surface area contributed by atoms with Gasteiger partial charge in [0.05, 0.1) is 10.6 Å². The van der Waals surface area contributed by atoms with E-state index in [0.717, 1.165) is 35.2 Å². The molecule has 0 unspecified atom stereocenters. The molecule has 2 aromatic carbocycles. The number of aromatic nitrogens is 1. The van der Waals surface area contributed by atoms with Crippen molar-refractivity contribution in [3.8, 4) is 11.1 Å². The van der Waals surface area contributed by atoms with Crippen molar-refractivity contribution in [2.24, 2.45) is 0 Å². The van der Waals surface area contributed by atoms with Crippen molar-refractivity contribution in [3.05, 3.63) is 77.6 Å². The van der Waals surface area contributed by atoms with Gasteiger partial charge in [0, 0.05) is 24.0 Å². The van der Waals surface area contributed by atoms with Gasteiger partial charge in [-0.15, -0.1) is 0 Å². The molecule has 1 aliphatic heterocycles. The Morgan fingerprint density at radius 1 is 1.00 bits per heavy atom. The molecular formula is C20H17ClN2O2S. The van der Waals surface area contributed by atoms with Gasteiger partial charge in [0.1, 0.15) is 0 Å². The first-order chi connectivity index (χ1) is 12.6. The van der Waals surface area contributed by atoms with Gasteiger partial charge in [-0.25, -0.2) is 8.42 Å². The lowest BCUT2D eigenvalue weighted by molar-refractivity contribution is 0.586. The quantitative estimate of drug-likeness (QED) is 0.665. The Balaban J connectivity index is 1.76. The van der Waals surface area contributed by atoms with Crippen LogP contribution in [0.1, 0.15) is 12.0 Å². The zero-order valence-corrected chi connectivity index (χ0v) is 15.5. The molecule has 4 rings (SSSR count). The standard InChI is InChI=1S/C20H17ClN2O2S/c21-18-6-1-7-19(13-18)26(24,25)23-11-3-5-16-12-15(8-9-20(16)23)17-4-2-10-22-14-17/h1-2,4,6-10,12-14H,3,5,11H2. The fraction of sp³-hybridized carbons (Fsp3) is 0.150. The van der Waals surface area contributed by atoms with Crippen molar-refractivity contribution in [2.45, 2.75) is 17.7 Å². The van der Waals surface area contributed by atoms with Crippen LogP contribution in [0.3, 0.4) is 0 Å². The summed E-state index contributed by atoms with van der Waals surface area (Å²) in [5.41, 5.74) is 3.83. The molecule has 0 N–H and O–H groups in total. The molecule has 0 saturated carbocycles. The molecule has 26 heavy (non-hydrogen) atoms. The summed E-state index contributed by atoms with van der Waals surface area (Å²) in [7, 11) is -3.64. The van der Waals surface area contributed by atoms with Crippen molar-refractivity contribution in [1.82, 2.24) is 4.98 Å². The van der Waals surface area contributed by atoms with E-state index in [0.29, 0.717) is 11.6 Å². The van der Waals surface area contributed by atoms with Crippen LogP contribution in [0.5, 0.6) is 0 Å². The van der Waals surface area contributed by atoms with Gasteiger partial charge in [-0.2, -0.15) is 0 Å². The molecule has 4 nitrogen and oxygen atoms in total. The van der Waals surface area contributed by atoms with Crippen LogP contribution in [0.15, 0.2) is 71.9 Å². The normalized spacial score (nSPS) is 14.1. The van der Waals surface area contributed by atoms with Gasteiger partial charge in [-0.05, 0) is 65.9 Å². The number of anilines is 1. The van der Waals surface area contributed by atoms with Gasteiger partial charge in [0.15, 0.2) is 0 Å². The second-order valence-electron chi connectivity index (χ2n) is 6.22. The molecule has 0 spiro atoms. The highest BCUT2D eigenvalue weighted by Gasteiger charge is 2.29. The van der Waals surface area contributed by atoms with E-state index in [-0.39, 0.29) is 4.90 Å². The Morgan fingerprint density at radius 2 is 1.88 bits per heavy atom. The van der Waals surface area contributed by atoms with Crippen LogP contribution < -0.4 is 4.31 Å². The van der Waals surface area contributed by atoms with Gasteiger partial charge in [-0.3, -0.25) is 9.29 Å². The van der Waals surface area contributed by atoms with Crippen LogP contribution in [0.2, 0.25) is 5.02 Å². The van der Waals surface area contributed by atoms with Gasteiger partial charge >= 0.3 is 0 Å². The predicted octanol–water partition coefficient (Wildman–Crippen LogP) is 4.54. The highest BCUT2D eigenvalue weighted by molar-refractivity contribution is 7.92. The van der Waals surface area contributed by atoms with Crippen molar-refractivity contribution < 1.29 is 8.42 Å². The molecule has 2 heterocycles. The van der Waals surface area contributed by atoms with E-state index >= 15 is 0 Å². The topological polar surface area (TPSA) is 50.3 Å². The summed E-state index contributed by atoms with van der Waals surface area (Å²) in [5, 5.41) is 0.412. The van der Waals surface area contributed by atoms with Crippen LogP contribution in [-0.4, -0.2) is 19.9 Å². The first kappa shape index (κ1) is 17.1. The molecule has 0 aliphatic carbocycles. The monoisotopic (exact) mass is 384 g/mol. The summed E-state index contributed by atoms with van der Waals surface area (Å²) in [5.74, 6) is 0. The Hall–Kier alpha value is -2.37. The van der Waals surface area contributed by atoms with Crippen molar-refractivity contribution >= 4 is 27.3 Å². The van der Waals surface area contributed by atoms with Crippen LogP contribution in [0.4, 0.5) is 5.69 Å². The fourth-order valence-electron chi connectivity index (χ4n) is 3.28. The summed E-state index contributed by atoms with van der Waals surface area (Å²) in [6.45, 7) is 0.466. The third kappa shape index (κ3) is 3.08. The van der Waals surface area contributed by atoms with Crippen LogP contribution in [-0.2, 0) is 16.4 Å². The molecule has 1 aliphatic rings. The van der Waals surface area contributed by atoms with Crippen molar-refractivity contribution in [1.29, 1.82) is 0 Å². The van der Waals surface area contributed by atoms with Gasteiger partial charge in [0.2, 0.25) is 0 Å². The number of hydrogen-bond acceptors (Lipinski definition) is 3. The number of sulfonamides is 1. The summed E-state index contributed by atoms with van der Waals surface area (Å²) in [6, 6.07) is 16.2. The number of hydrogen-bond donors (Lipinski definition) is 0. The first-order valence-electron chi connectivity index (χ1n) is 8.37. The van der Waals surface area contributed by atoms with E-state index in [2.05, 4.69) is 11.1 Å². The number of nitrogens with zero attached hydrogens (tertiary/aromatic N) is 2. The number of benzene rings is 2. The third-order valence-electron chi connectivity index (χ3n) is 4.53. The number of halogens is 1. The summed E-state index contributed by atoms with van der Waals surface area (Å²) < 4.78 is 27.7. The number of pyridine rings is 1. The molecule has 0 amide bonds. The van der Waals surface area contributed by atoms with E-state index in [1.165, 1.54) is 10.4 Å². The predicted molar refractivity (Wildman–Crippen MR) is 104 cm³/mol. The second-order valence-corrected chi connectivity index (χ2v) is 8.52. The maximum Gasteiger partial charge on any atom is 0.264 e. The van der Waals surface area contributed by atoms with Crippen molar-refractivity contribution in [3.63, 3.8) is 0 Å². The minimum atomic E-state index is -3.64. The average Bonchev–Trinajstić information content (AvgIpc) is 2.67. The molecule has 1 aromatic heterocycles. The molecule has 0 radical (unpaired) electrons. The molecule has 3 aromatic rings. The van der Waals surface area contributed by atoms with Gasteiger partial charge < -0.3 is 0 Å². The Kier molecular flexibility index (Phi) is 4.42. The van der Waals surface area contributed by atoms with E-state index in [1.54, 1.807) is 24.4 Å². The maximum absolute atomic E-state index is 13.1. The highest BCUT2D eigenvalue weighted by Crippen LogP contribution is 2.35. The lowest BCUT2D eigenvalue weighted by Gasteiger charge is -2.31. The fourth-order valence-corrected chi connectivity index (χ4v) is 5.12. The Labute approximate surface area is 158 Å². The lowest BCUT2D eigenvalue weighted by Crippen LogP contribution is -2.35. The lowest BCUT2D eigenvalue weighted by atomic mass is 9.98. The van der Waals surface area contributed by atoms with E-state index in [1.807, 2.05) is 30.5 Å². The van der Waals surface area contributed by atoms with Gasteiger partial charge in [-0.1, -0.05) is 29.8 Å². The first-order valence-corrected chi connectivity index (χ1v) is 10.2. The summed E-state index contributed by atoms with van der Waals surface area (Å²) >= 11 is 5.99. The zero-order chi connectivity index (χ0) is 18.1. The molecule has 0 bridgehead atoms. The van der Waals surface area contributed by atoms with Crippen molar-refractivity contribution in [2.75, 3.05) is 10.8 Å². The SMILES string of the molecule is O=S(=O)(c1cccc(Cl)c1)N1CCCc2cc(-c3cccnc3)ccc21. The molecule has 132 valence electrons. The molecule has 0 fully saturated rings. The van der Waals surface area contributed by atoms with E-state index in [9.17, 15) is 8.42 Å². The number of aryl methyl sites for hydroxylation is 1. The average molecular weight is 385 g/mol. The molecule has 0 atom stereocenters. The number of rotatable bonds is 3. The van der Waals surface area contributed by atoms with Crippen LogP contribution >= 0.6 is 11.6 Å². The summed E-state index contributed by atoms with van der Waals surface area (Å²) in [4.78, 5) is 4.37. The Morgan fingerprint density at radius 3 is 2.65 bits per heavy atom. The maximum atomic E-state index is 13.1. The second kappa shape index (κ2) is 6.74. The molecule has 0 saturated heterocycles. The molecular weight excluding hydrogens is 368 g/mol. The third-order valence-corrected chi connectivity index (χ3v) is 6.58. The zero-order valence-electron chi connectivity index (χ0n) is 14.0. The minimum absolute atomic E-state index is 0.217. The molecule has 6 heteroatoms. The Bertz CT molecular complexity index is 1050.